The molecule has 2 aromatic carbocycles. The van der Waals surface area contributed by atoms with Crippen LogP contribution in [0.1, 0.15) is 33.8 Å². The van der Waals surface area contributed by atoms with Crippen LogP contribution in [-0.4, -0.2) is 41.4 Å². The first-order chi connectivity index (χ1) is 15.1. The van der Waals surface area contributed by atoms with E-state index in [9.17, 15) is 13.6 Å². The van der Waals surface area contributed by atoms with E-state index in [1.807, 2.05) is 35.2 Å². The summed E-state index contributed by atoms with van der Waals surface area (Å²) in [4.78, 5) is 17.5. The summed E-state index contributed by atoms with van der Waals surface area (Å²) in [5.74, 6) is -0.954. The lowest BCUT2D eigenvalue weighted by molar-refractivity contribution is 0.0612. The van der Waals surface area contributed by atoms with Crippen molar-refractivity contribution < 1.29 is 13.6 Å². The van der Waals surface area contributed by atoms with Crippen molar-refractivity contribution in [1.82, 2.24) is 9.80 Å². The van der Waals surface area contributed by atoms with Gasteiger partial charge in [0.15, 0.2) is 11.6 Å². The fourth-order valence-corrected chi connectivity index (χ4v) is 5.90. The van der Waals surface area contributed by atoms with E-state index in [0.717, 1.165) is 31.1 Å². The van der Waals surface area contributed by atoms with Gasteiger partial charge in [-0.05, 0) is 47.0 Å². The number of hydrogen-bond donors (Lipinski definition) is 0. The minimum Gasteiger partial charge on any atom is -0.335 e. The van der Waals surface area contributed by atoms with E-state index in [0.29, 0.717) is 18.7 Å². The zero-order valence-electron chi connectivity index (χ0n) is 17.1. The Morgan fingerprint density at radius 2 is 1.87 bits per heavy atom. The number of hydrogen-bond acceptors (Lipinski definition) is 3. The average Bonchev–Trinajstić information content (AvgIpc) is 3.45. The molecular weight excluding hydrogens is 414 g/mol. The Kier molecular flexibility index (Phi) is 5.59. The molecule has 0 spiro atoms. The van der Waals surface area contributed by atoms with Gasteiger partial charge < -0.3 is 4.90 Å². The van der Waals surface area contributed by atoms with Crippen LogP contribution in [0.4, 0.5) is 8.78 Å². The SMILES string of the molecule is O=C(c1ccccc1)N1C[C@@H](c2ccsc2)[C@@H]2CN(Cc3cccc(F)c3F)CC[C@@H]21. The van der Waals surface area contributed by atoms with Crippen molar-refractivity contribution in [2.24, 2.45) is 5.92 Å². The van der Waals surface area contributed by atoms with Gasteiger partial charge in [0, 0.05) is 55.2 Å². The van der Waals surface area contributed by atoms with Crippen LogP contribution in [0.15, 0.2) is 65.4 Å². The molecule has 6 heteroatoms. The van der Waals surface area contributed by atoms with E-state index in [1.165, 1.54) is 5.56 Å². The first-order valence-electron chi connectivity index (χ1n) is 10.6. The summed E-state index contributed by atoms with van der Waals surface area (Å²) in [7, 11) is 0. The van der Waals surface area contributed by atoms with Crippen molar-refractivity contribution in [3.8, 4) is 0 Å². The van der Waals surface area contributed by atoms with Crippen LogP contribution in [0.5, 0.6) is 0 Å². The largest absolute Gasteiger partial charge is 0.335 e. The predicted octanol–water partition coefficient (Wildman–Crippen LogP) is 5.16. The summed E-state index contributed by atoms with van der Waals surface area (Å²) in [5, 5.41) is 4.25. The molecule has 3 atom stereocenters. The normalized spacial score (nSPS) is 23.7. The minimum atomic E-state index is -0.802. The van der Waals surface area contributed by atoms with Crippen molar-refractivity contribution in [2.75, 3.05) is 19.6 Å². The van der Waals surface area contributed by atoms with Gasteiger partial charge in [0.1, 0.15) is 0 Å². The molecule has 1 amide bonds. The van der Waals surface area contributed by atoms with E-state index in [2.05, 4.69) is 21.7 Å². The van der Waals surface area contributed by atoms with E-state index in [4.69, 9.17) is 0 Å². The monoisotopic (exact) mass is 438 g/mol. The van der Waals surface area contributed by atoms with Gasteiger partial charge in [0.05, 0.1) is 0 Å². The van der Waals surface area contributed by atoms with Gasteiger partial charge in [-0.2, -0.15) is 11.3 Å². The molecular formula is C25H24F2N2OS. The lowest BCUT2D eigenvalue weighted by Crippen LogP contribution is -2.47. The molecule has 2 aliphatic heterocycles. The number of amides is 1. The molecule has 2 fully saturated rings. The second-order valence-corrected chi connectivity index (χ2v) is 9.23. The number of halogens is 2. The summed E-state index contributed by atoms with van der Waals surface area (Å²) in [6.07, 6.45) is 0.834. The van der Waals surface area contributed by atoms with E-state index < -0.39 is 11.6 Å². The Hall–Kier alpha value is -2.57. The lowest BCUT2D eigenvalue weighted by Gasteiger charge is -2.39. The Bertz CT molecular complexity index is 1060. The maximum atomic E-state index is 14.2. The van der Waals surface area contributed by atoms with Crippen molar-refractivity contribution >= 4 is 17.2 Å². The van der Waals surface area contributed by atoms with Crippen LogP contribution in [0, 0.1) is 17.6 Å². The molecule has 1 aromatic heterocycles. The third kappa shape index (κ3) is 3.90. The number of fused-ring (bicyclic) bond motifs is 1. The lowest BCUT2D eigenvalue weighted by atomic mass is 9.82. The van der Waals surface area contributed by atoms with Crippen LogP contribution in [0.2, 0.25) is 0 Å². The van der Waals surface area contributed by atoms with E-state index in [1.54, 1.807) is 23.5 Å². The highest BCUT2D eigenvalue weighted by Crippen LogP contribution is 2.43. The van der Waals surface area contributed by atoms with Crippen LogP contribution in [0.25, 0.3) is 0 Å². The summed E-state index contributed by atoms with van der Waals surface area (Å²) < 4.78 is 27.9. The van der Waals surface area contributed by atoms with E-state index >= 15 is 0 Å². The number of likely N-dealkylation sites (tertiary alicyclic amines) is 2. The summed E-state index contributed by atoms with van der Waals surface area (Å²) in [6, 6.07) is 16.1. The van der Waals surface area contributed by atoms with Gasteiger partial charge in [-0.15, -0.1) is 0 Å². The van der Waals surface area contributed by atoms with Crippen molar-refractivity contribution in [3.05, 3.63) is 93.7 Å². The molecule has 0 bridgehead atoms. The fourth-order valence-electron chi connectivity index (χ4n) is 5.18. The Morgan fingerprint density at radius 3 is 2.65 bits per heavy atom. The number of thiophene rings is 1. The minimum absolute atomic E-state index is 0.0814. The van der Waals surface area contributed by atoms with Crippen molar-refractivity contribution in [3.63, 3.8) is 0 Å². The zero-order valence-corrected chi connectivity index (χ0v) is 17.9. The topological polar surface area (TPSA) is 23.6 Å². The van der Waals surface area contributed by atoms with Gasteiger partial charge in [-0.1, -0.05) is 30.3 Å². The van der Waals surface area contributed by atoms with Crippen molar-refractivity contribution in [2.45, 2.75) is 24.9 Å². The highest BCUT2D eigenvalue weighted by atomic mass is 32.1. The summed E-state index contributed by atoms with van der Waals surface area (Å²) in [5.41, 5.74) is 2.37. The quantitative estimate of drug-likeness (QED) is 0.562. The second kappa shape index (κ2) is 8.52. The van der Waals surface area contributed by atoms with Gasteiger partial charge in [-0.25, -0.2) is 8.78 Å². The van der Waals surface area contributed by atoms with E-state index in [-0.39, 0.29) is 23.8 Å². The third-order valence-corrected chi connectivity index (χ3v) is 7.39. The first kappa shape index (κ1) is 20.3. The molecule has 160 valence electrons. The first-order valence-corrected chi connectivity index (χ1v) is 11.6. The summed E-state index contributed by atoms with van der Waals surface area (Å²) in [6.45, 7) is 2.60. The molecule has 0 radical (unpaired) electrons. The van der Waals surface area contributed by atoms with Crippen LogP contribution in [0.3, 0.4) is 0 Å². The van der Waals surface area contributed by atoms with Gasteiger partial charge in [-0.3, -0.25) is 9.69 Å². The molecule has 0 saturated carbocycles. The highest BCUT2D eigenvalue weighted by molar-refractivity contribution is 7.08. The smallest absolute Gasteiger partial charge is 0.254 e. The Balaban J connectivity index is 1.39. The molecule has 31 heavy (non-hydrogen) atoms. The molecule has 0 unspecified atom stereocenters. The van der Waals surface area contributed by atoms with Gasteiger partial charge >= 0.3 is 0 Å². The summed E-state index contributed by atoms with van der Waals surface area (Å²) >= 11 is 1.67. The third-order valence-electron chi connectivity index (χ3n) is 6.69. The van der Waals surface area contributed by atoms with Gasteiger partial charge in [0.25, 0.3) is 5.91 Å². The predicted molar refractivity (Wildman–Crippen MR) is 118 cm³/mol. The number of carbonyl (C=O) groups excluding carboxylic acids is 1. The van der Waals surface area contributed by atoms with Crippen molar-refractivity contribution in [1.29, 1.82) is 0 Å². The molecule has 2 aliphatic rings. The van der Waals surface area contributed by atoms with Gasteiger partial charge in [0.2, 0.25) is 0 Å². The molecule has 0 N–H and O–H groups in total. The molecule has 0 aliphatic carbocycles. The fraction of sp³-hybridized carbons (Fsp3) is 0.320. The Morgan fingerprint density at radius 1 is 1.03 bits per heavy atom. The average molecular weight is 439 g/mol. The second-order valence-electron chi connectivity index (χ2n) is 8.45. The maximum absolute atomic E-state index is 14.2. The number of piperidine rings is 1. The number of benzene rings is 2. The molecule has 3 aromatic rings. The molecule has 3 heterocycles. The number of rotatable bonds is 4. The maximum Gasteiger partial charge on any atom is 0.254 e. The van der Waals surface area contributed by atoms with Crippen LogP contribution < -0.4 is 0 Å². The zero-order chi connectivity index (χ0) is 21.4. The molecule has 5 rings (SSSR count). The molecule has 2 saturated heterocycles. The van der Waals surface area contributed by atoms with Crippen LogP contribution in [-0.2, 0) is 6.54 Å². The molecule has 3 nitrogen and oxygen atoms in total. The Labute approximate surface area is 184 Å². The number of nitrogens with zero attached hydrogens (tertiary/aromatic N) is 2. The standard InChI is InChI=1S/C25H24F2N2OS/c26-22-8-4-7-18(24(22)27)13-28-11-9-23-21(14-28)20(19-10-12-31-16-19)15-29(23)25(30)17-5-2-1-3-6-17/h1-8,10,12,16,20-21,23H,9,11,13-15H2/t20-,21-,23-/m0/s1. The van der Waals surface area contributed by atoms with Crippen LogP contribution >= 0.6 is 11.3 Å². The highest BCUT2D eigenvalue weighted by Gasteiger charge is 2.47. The number of carbonyl (C=O) groups is 1.